The van der Waals surface area contributed by atoms with Gasteiger partial charge in [-0.05, 0) is 37.6 Å². The summed E-state index contributed by atoms with van der Waals surface area (Å²) >= 11 is 0. The average Bonchev–Trinajstić information content (AvgIpc) is 2.52. The third-order valence-electron chi connectivity index (χ3n) is 3.34. The second-order valence-electron chi connectivity index (χ2n) is 5.43. The van der Waals surface area contributed by atoms with Gasteiger partial charge in [-0.25, -0.2) is 8.42 Å². The molecule has 0 saturated heterocycles. The largest absolute Gasteiger partial charge is 0.389 e. The first-order valence-corrected chi connectivity index (χ1v) is 8.82. The van der Waals surface area contributed by atoms with Crippen molar-refractivity contribution in [3.8, 4) is 0 Å². The van der Waals surface area contributed by atoms with Crippen LogP contribution in [0.1, 0.15) is 18.1 Å². The summed E-state index contributed by atoms with van der Waals surface area (Å²) in [5, 5.41) is 9.43. The van der Waals surface area contributed by atoms with Gasteiger partial charge in [-0.15, -0.1) is 0 Å². The number of aliphatic hydroxyl groups excluding tert-OH is 1. The van der Waals surface area contributed by atoms with Gasteiger partial charge >= 0.3 is 0 Å². The molecule has 0 saturated carbocycles. The fourth-order valence-electron chi connectivity index (χ4n) is 2.05. The quantitative estimate of drug-likeness (QED) is 0.885. The molecule has 4 nitrogen and oxygen atoms in total. The average molecular weight is 331 g/mol. The molecule has 0 aliphatic heterocycles. The van der Waals surface area contributed by atoms with Crippen LogP contribution in [-0.2, 0) is 16.6 Å². The van der Waals surface area contributed by atoms with E-state index in [4.69, 9.17) is 0 Å². The van der Waals surface area contributed by atoms with Crippen LogP contribution in [0.5, 0.6) is 0 Å². The van der Waals surface area contributed by atoms with Crippen LogP contribution < -0.4 is 0 Å². The standard InChI is InChI=1S/C18H21NO3S/c1-15-8-10-18(11-9-15)23(21,22)19(13-12-16(2)20)14-17-6-4-3-5-7-17/h3-13,16,20H,14H2,1-2H3/b13-12+/t16-/m1/s1. The summed E-state index contributed by atoms with van der Waals surface area (Å²) in [4.78, 5) is 0.231. The van der Waals surface area contributed by atoms with Crippen LogP contribution in [0.3, 0.4) is 0 Å². The Morgan fingerprint density at radius 1 is 1.09 bits per heavy atom. The van der Waals surface area contributed by atoms with E-state index in [-0.39, 0.29) is 11.4 Å². The molecule has 0 bridgehead atoms. The van der Waals surface area contributed by atoms with Crippen molar-refractivity contribution in [2.45, 2.75) is 31.4 Å². The Kier molecular flexibility index (Phi) is 5.58. The summed E-state index contributed by atoms with van der Waals surface area (Å²) in [7, 11) is -3.68. The molecular weight excluding hydrogens is 310 g/mol. The van der Waals surface area contributed by atoms with E-state index in [0.29, 0.717) is 0 Å². The summed E-state index contributed by atoms with van der Waals surface area (Å²) in [6, 6.07) is 16.1. The molecule has 122 valence electrons. The Bertz CT molecular complexity index is 751. The molecule has 0 unspecified atom stereocenters. The van der Waals surface area contributed by atoms with Crippen molar-refractivity contribution >= 4 is 10.0 Å². The maximum atomic E-state index is 12.9. The Hall–Kier alpha value is -2.11. The van der Waals surface area contributed by atoms with Crippen LogP contribution in [-0.4, -0.2) is 23.9 Å². The molecule has 0 spiro atoms. The van der Waals surface area contributed by atoms with Crippen molar-refractivity contribution in [1.29, 1.82) is 0 Å². The van der Waals surface area contributed by atoms with Gasteiger partial charge in [0.15, 0.2) is 0 Å². The Morgan fingerprint density at radius 2 is 1.70 bits per heavy atom. The molecule has 0 aliphatic rings. The Balaban J connectivity index is 2.37. The molecule has 23 heavy (non-hydrogen) atoms. The van der Waals surface area contributed by atoms with Crippen LogP contribution in [0.25, 0.3) is 0 Å². The molecule has 2 aromatic carbocycles. The molecule has 0 fully saturated rings. The van der Waals surface area contributed by atoms with Gasteiger partial charge in [0.05, 0.1) is 17.5 Å². The molecule has 0 aromatic heterocycles. The molecule has 0 aliphatic carbocycles. The zero-order chi connectivity index (χ0) is 16.9. The zero-order valence-electron chi connectivity index (χ0n) is 13.3. The normalized spacial score (nSPS) is 13.2. The van der Waals surface area contributed by atoms with E-state index >= 15 is 0 Å². The number of benzene rings is 2. The highest BCUT2D eigenvalue weighted by atomic mass is 32.2. The number of hydrogen-bond donors (Lipinski definition) is 1. The topological polar surface area (TPSA) is 57.6 Å². The summed E-state index contributed by atoms with van der Waals surface area (Å²) < 4.78 is 27.0. The van der Waals surface area contributed by atoms with Gasteiger partial charge in [0, 0.05) is 6.20 Å². The van der Waals surface area contributed by atoms with Crippen molar-refractivity contribution in [2.24, 2.45) is 0 Å². The highest BCUT2D eigenvalue weighted by molar-refractivity contribution is 7.89. The fourth-order valence-corrected chi connectivity index (χ4v) is 3.35. The predicted molar refractivity (Wildman–Crippen MR) is 91.2 cm³/mol. The lowest BCUT2D eigenvalue weighted by Gasteiger charge is -2.21. The first-order chi connectivity index (χ1) is 10.9. The van der Waals surface area contributed by atoms with Crippen LogP contribution in [0.2, 0.25) is 0 Å². The lowest BCUT2D eigenvalue weighted by atomic mass is 10.2. The second-order valence-corrected chi connectivity index (χ2v) is 7.32. The zero-order valence-corrected chi connectivity index (χ0v) is 14.1. The highest BCUT2D eigenvalue weighted by Gasteiger charge is 2.21. The van der Waals surface area contributed by atoms with Crippen molar-refractivity contribution in [3.05, 3.63) is 78.0 Å². The molecule has 2 rings (SSSR count). The number of aliphatic hydroxyl groups is 1. The molecule has 0 amide bonds. The predicted octanol–water partition coefficient (Wildman–Crippen LogP) is 3.08. The lowest BCUT2D eigenvalue weighted by molar-refractivity contribution is 0.242. The molecule has 0 heterocycles. The minimum Gasteiger partial charge on any atom is -0.389 e. The summed E-state index contributed by atoms with van der Waals surface area (Å²) in [5.74, 6) is 0. The lowest BCUT2D eigenvalue weighted by Crippen LogP contribution is -2.26. The van der Waals surface area contributed by atoms with E-state index < -0.39 is 16.1 Å². The van der Waals surface area contributed by atoms with Gasteiger partial charge in [0.1, 0.15) is 0 Å². The van der Waals surface area contributed by atoms with Gasteiger partial charge in [-0.3, -0.25) is 4.31 Å². The molecule has 1 N–H and O–H groups in total. The third kappa shape index (κ3) is 4.68. The number of nitrogens with zero attached hydrogens (tertiary/aromatic N) is 1. The Labute approximate surface area is 137 Å². The van der Waals surface area contributed by atoms with Gasteiger partial charge in [0.25, 0.3) is 10.0 Å². The van der Waals surface area contributed by atoms with Crippen molar-refractivity contribution < 1.29 is 13.5 Å². The second kappa shape index (κ2) is 7.44. The monoisotopic (exact) mass is 331 g/mol. The molecule has 5 heteroatoms. The van der Waals surface area contributed by atoms with Crippen molar-refractivity contribution in [3.63, 3.8) is 0 Å². The van der Waals surface area contributed by atoms with Crippen LogP contribution >= 0.6 is 0 Å². The van der Waals surface area contributed by atoms with Gasteiger partial charge in [0.2, 0.25) is 0 Å². The molecular formula is C18H21NO3S. The summed E-state index contributed by atoms with van der Waals surface area (Å²) in [5.41, 5.74) is 1.87. The number of sulfonamides is 1. The van der Waals surface area contributed by atoms with Crippen LogP contribution in [0.15, 0.2) is 71.8 Å². The molecule has 1 atom stereocenters. The highest BCUT2D eigenvalue weighted by Crippen LogP contribution is 2.19. The van der Waals surface area contributed by atoms with E-state index in [2.05, 4.69) is 0 Å². The first-order valence-electron chi connectivity index (χ1n) is 7.38. The Morgan fingerprint density at radius 3 is 2.26 bits per heavy atom. The van der Waals surface area contributed by atoms with Gasteiger partial charge in [-0.2, -0.15) is 0 Å². The number of rotatable bonds is 6. The van der Waals surface area contributed by atoms with Crippen LogP contribution in [0, 0.1) is 6.92 Å². The van der Waals surface area contributed by atoms with Crippen molar-refractivity contribution in [2.75, 3.05) is 0 Å². The van der Waals surface area contributed by atoms with E-state index in [1.54, 1.807) is 31.2 Å². The number of aryl methyl sites for hydroxylation is 1. The van der Waals surface area contributed by atoms with E-state index in [1.165, 1.54) is 16.6 Å². The molecule has 2 aromatic rings. The summed E-state index contributed by atoms with van der Waals surface area (Å²) in [6.07, 6.45) is 2.16. The van der Waals surface area contributed by atoms with Crippen molar-refractivity contribution in [1.82, 2.24) is 4.31 Å². The number of hydrogen-bond acceptors (Lipinski definition) is 3. The van der Waals surface area contributed by atoms with E-state index in [9.17, 15) is 13.5 Å². The maximum absolute atomic E-state index is 12.9. The van der Waals surface area contributed by atoms with Gasteiger partial charge < -0.3 is 5.11 Å². The third-order valence-corrected chi connectivity index (χ3v) is 5.08. The SMILES string of the molecule is Cc1ccc(S(=O)(=O)N(/C=C/[C@@H](C)O)Cc2ccccc2)cc1. The minimum atomic E-state index is -3.68. The first kappa shape index (κ1) is 17.2. The fraction of sp³-hybridized carbons (Fsp3) is 0.222. The van der Waals surface area contributed by atoms with Gasteiger partial charge in [-0.1, -0.05) is 48.0 Å². The van der Waals surface area contributed by atoms with E-state index in [0.717, 1.165) is 11.1 Å². The van der Waals surface area contributed by atoms with E-state index in [1.807, 2.05) is 37.3 Å². The summed E-state index contributed by atoms with van der Waals surface area (Å²) in [6.45, 7) is 3.70. The maximum Gasteiger partial charge on any atom is 0.264 e. The minimum absolute atomic E-state index is 0.209. The van der Waals surface area contributed by atoms with Crippen LogP contribution in [0.4, 0.5) is 0 Å². The smallest absolute Gasteiger partial charge is 0.264 e. The molecule has 0 radical (unpaired) electrons.